The molecule has 0 fully saturated rings. The minimum atomic E-state index is -3.72. The van der Waals surface area contributed by atoms with Crippen molar-refractivity contribution in [3.05, 3.63) is 65.7 Å². The number of nitrogens with one attached hydrogen (secondary N) is 2. The predicted molar refractivity (Wildman–Crippen MR) is 104 cm³/mol. The van der Waals surface area contributed by atoms with Crippen molar-refractivity contribution in [2.45, 2.75) is 17.9 Å². The first-order chi connectivity index (χ1) is 13.6. The molecule has 0 unspecified atom stereocenters. The van der Waals surface area contributed by atoms with Crippen LogP contribution in [0.1, 0.15) is 27.6 Å². The number of nitrogens with zero attached hydrogens (tertiary/aromatic N) is 1. The fraction of sp³-hybridized carbons (Fsp3) is 0.211. The number of sulfonamides is 1. The molecule has 0 heterocycles. The molecule has 0 aliphatic heterocycles. The molecular formula is C19H21N3O6S. The number of carbonyl (C=O) groups excluding carboxylic acids is 3. The van der Waals surface area contributed by atoms with E-state index in [1.165, 1.54) is 45.3 Å². The zero-order valence-electron chi connectivity index (χ0n) is 16.1. The van der Waals surface area contributed by atoms with Gasteiger partial charge >= 0.3 is 5.97 Å². The molecule has 1 atom stereocenters. The van der Waals surface area contributed by atoms with Gasteiger partial charge in [-0.1, -0.05) is 24.3 Å². The van der Waals surface area contributed by atoms with Gasteiger partial charge in [0.15, 0.2) is 6.10 Å². The molecule has 2 N–H and O–H groups in total. The molecule has 0 bridgehead atoms. The van der Waals surface area contributed by atoms with E-state index in [4.69, 9.17) is 4.74 Å². The summed E-state index contributed by atoms with van der Waals surface area (Å²) in [7, 11) is -0.980. The van der Waals surface area contributed by atoms with Gasteiger partial charge in [-0.05, 0) is 37.3 Å². The number of esters is 1. The second-order valence-corrected chi connectivity index (χ2v) is 8.32. The van der Waals surface area contributed by atoms with Crippen molar-refractivity contribution in [1.29, 1.82) is 0 Å². The first-order valence-electron chi connectivity index (χ1n) is 8.51. The Kier molecular flexibility index (Phi) is 7.08. The molecule has 154 valence electrons. The quantitative estimate of drug-likeness (QED) is 0.531. The normalized spacial score (nSPS) is 12.1. The lowest BCUT2D eigenvalue weighted by Crippen LogP contribution is -2.46. The largest absolute Gasteiger partial charge is 0.449 e. The van der Waals surface area contributed by atoms with E-state index >= 15 is 0 Å². The van der Waals surface area contributed by atoms with Gasteiger partial charge in [0, 0.05) is 19.7 Å². The van der Waals surface area contributed by atoms with E-state index < -0.39 is 33.9 Å². The summed E-state index contributed by atoms with van der Waals surface area (Å²) in [6.45, 7) is 1.32. The molecule has 29 heavy (non-hydrogen) atoms. The molecule has 2 rings (SSSR count). The van der Waals surface area contributed by atoms with Gasteiger partial charge in [0.05, 0.1) is 10.5 Å². The molecule has 0 radical (unpaired) electrons. The zero-order chi connectivity index (χ0) is 21.6. The van der Waals surface area contributed by atoms with Crippen molar-refractivity contribution in [3.63, 3.8) is 0 Å². The van der Waals surface area contributed by atoms with Crippen LogP contribution in [0.4, 0.5) is 0 Å². The van der Waals surface area contributed by atoms with Crippen molar-refractivity contribution >= 4 is 27.8 Å². The Morgan fingerprint density at radius 3 is 2.17 bits per heavy atom. The van der Waals surface area contributed by atoms with Crippen molar-refractivity contribution in [2.24, 2.45) is 0 Å². The Balaban J connectivity index is 1.98. The van der Waals surface area contributed by atoms with Gasteiger partial charge in [-0.2, -0.15) is 0 Å². The van der Waals surface area contributed by atoms with Crippen LogP contribution in [0.2, 0.25) is 0 Å². The summed E-state index contributed by atoms with van der Waals surface area (Å²) in [5, 5.41) is 0. The average molecular weight is 419 g/mol. The van der Waals surface area contributed by atoms with E-state index in [-0.39, 0.29) is 10.5 Å². The maximum Gasteiger partial charge on any atom is 0.338 e. The third-order valence-corrected chi connectivity index (χ3v) is 5.65. The highest BCUT2D eigenvalue weighted by Gasteiger charge is 2.22. The predicted octanol–water partition coefficient (Wildman–Crippen LogP) is 0.943. The summed E-state index contributed by atoms with van der Waals surface area (Å²) >= 11 is 0. The van der Waals surface area contributed by atoms with Gasteiger partial charge in [-0.3, -0.25) is 20.4 Å². The Bertz CT molecular complexity index is 1010. The molecule has 0 spiro atoms. The van der Waals surface area contributed by atoms with Crippen LogP contribution in [0, 0.1) is 0 Å². The van der Waals surface area contributed by atoms with Crippen LogP contribution < -0.4 is 10.9 Å². The summed E-state index contributed by atoms with van der Waals surface area (Å²) < 4.78 is 30.4. The summed E-state index contributed by atoms with van der Waals surface area (Å²) in [4.78, 5) is 36.2. The lowest BCUT2D eigenvalue weighted by atomic mass is 10.2. The SMILES string of the molecule is C[C@H](OC(=O)c1cccc(S(=O)(=O)N(C)C)c1)C(=O)NNC(=O)c1ccccc1. The van der Waals surface area contributed by atoms with Gasteiger partial charge in [0.2, 0.25) is 10.0 Å². The molecule has 9 nitrogen and oxygen atoms in total. The highest BCUT2D eigenvalue weighted by molar-refractivity contribution is 7.89. The van der Waals surface area contributed by atoms with Crippen molar-refractivity contribution in [3.8, 4) is 0 Å². The monoisotopic (exact) mass is 419 g/mol. The molecule has 10 heteroatoms. The van der Waals surface area contributed by atoms with Gasteiger partial charge < -0.3 is 4.74 Å². The first-order valence-corrected chi connectivity index (χ1v) is 9.95. The Labute approximate surface area is 168 Å². The molecule has 0 aromatic heterocycles. The van der Waals surface area contributed by atoms with Crippen molar-refractivity contribution < 1.29 is 27.5 Å². The number of hydrogen-bond acceptors (Lipinski definition) is 6. The fourth-order valence-electron chi connectivity index (χ4n) is 2.16. The number of hydrazine groups is 1. The smallest absolute Gasteiger partial charge is 0.338 e. The van der Waals surface area contributed by atoms with E-state index in [0.717, 1.165) is 4.31 Å². The second-order valence-electron chi connectivity index (χ2n) is 6.17. The maximum atomic E-state index is 12.3. The number of hydrogen-bond donors (Lipinski definition) is 2. The average Bonchev–Trinajstić information content (AvgIpc) is 2.72. The Morgan fingerprint density at radius 1 is 0.931 bits per heavy atom. The minimum absolute atomic E-state index is 0.0269. The molecule has 0 saturated carbocycles. The maximum absolute atomic E-state index is 12.3. The van der Waals surface area contributed by atoms with Crippen molar-refractivity contribution in [1.82, 2.24) is 15.2 Å². The standard InChI is InChI=1S/C19H21N3O6S/c1-13(17(23)20-21-18(24)14-8-5-4-6-9-14)28-19(25)15-10-7-11-16(12-15)29(26,27)22(2)3/h4-13H,1-3H3,(H,20,23)(H,21,24)/t13-/m0/s1. The fourth-order valence-corrected chi connectivity index (χ4v) is 3.11. The van der Waals surface area contributed by atoms with E-state index in [2.05, 4.69) is 10.9 Å². The lowest BCUT2D eigenvalue weighted by Gasteiger charge is -2.15. The minimum Gasteiger partial charge on any atom is -0.449 e. The summed E-state index contributed by atoms with van der Waals surface area (Å²) in [5.74, 6) is -2.16. The summed E-state index contributed by atoms with van der Waals surface area (Å²) in [6.07, 6.45) is -1.23. The van der Waals surface area contributed by atoms with E-state index in [1.54, 1.807) is 30.3 Å². The highest BCUT2D eigenvalue weighted by atomic mass is 32.2. The van der Waals surface area contributed by atoms with Crippen LogP contribution in [-0.4, -0.2) is 50.7 Å². The van der Waals surface area contributed by atoms with Crippen molar-refractivity contribution in [2.75, 3.05) is 14.1 Å². The zero-order valence-corrected chi connectivity index (χ0v) is 16.9. The first kappa shape index (κ1) is 22.1. The Morgan fingerprint density at radius 2 is 1.55 bits per heavy atom. The van der Waals surface area contributed by atoms with E-state index in [0.29, 0.717) is 5.56 Å². The number of amides is 2. The summed E-state index contributed by atoms with van der Waals surface area (Å²) in [5.41, 5.74) is 4.71. The molecule has 2 aromatic carbocycles. The van der Waals surface area contributed by atoms with Gasteiger partial charge in [-0.25, -0.2) is 17.5 Å². The number of ether oxygens (including phenoxy) is 1. The third-order valence-electron chi connectivity index (χ3n) is 3.84. The van der Waals surface area contributed by atoms with Crippen LogP contribution in [-0.2, 0) is 19.6 Å². The molecule has 0 saturated heterocycles. The topological polar surface area (TPSA) is 122 Å². The van der Waals surface area contributed by atoms with E-state index in [9.17, 15) is 22.8 Å². The number of rotatable bonds is 6. The lowest BCUT2D eigenvalue weighted by molar-refractivity contribution is -0.129. The van der Waals surface area contributed by atoms with E-state index in [1.807, 2.05) is 0 Å². The van der Waals surface area contributed by atoms with Crippen LogP contribution in [0.3, 0.4) is 0 Å². The molecule has 0 aliphatic rings. The van der Waals surface area contributed by atoms with Gasteiger partial charge in [0.25, 0.3) is 11.8 Å². The molecule has 0 aliphatic carbocycles. The van der Waals surface area contributed by atoms with Gasteiger partial charge in [-0.15, -0.1) is 0 Å². The third kappa shape index (κ3) is 5.62. The van der Waals surface area contributed by atoms with Crippen LogP contribution >= 0.6 is 0 Å². The van der Waals surface area contributed by atoms with Gasteiger partial charge in [0.1, 0.15) is 0 Å². The van der Waals surface area contributed by atoms with Crippen LogP contribution in [0.5, 0.6) is 0 Å². The summed E-state index contributed by atoms with van der Waals surface area (Å²) in [6, 6.07) is 13.5. The molecule has 2 aromatic rings. The highest BCUT2D eigenvalue weighted by Crippen LogP contribution is 2.16. The second kappa shape index (κ2) is 9.30. The Hall–Kier alpha value is -3.24. The number of carbonyl (C=O) groups is 3. The van der Waals surface area contributed by atoms with Crippen LogP contribution in [0.15, 0.2) is 59.5 Å². The molecule has 2 amide bonds. The van der Waals surface area contributed by atoms with Crippen LogP contribution in [0.25, 0.3) is 0 Å². The number of benzene rings is 2. The molecular weight excluding hydrogens is 398 g/mol.